The lowest BCUT2D eigenvalue weighted by Crippen LogP contribution is -2.10. The molecule has 0 heterocycles. The van der Waals surface area contributed by atoms with Gasteiger partial charge in [0.2, 0.25) is 0 Å². The number of nitrogen functional groups attached to an aromatic ring is 1. The smallest absolute Gasteiger partial charge is 0.337 e. The van der Waals surface area contributed by atoms with Crippen LogP contribution < -0.4 is 10.5 Å². The maximum Gasteiger partial charge on any atom is 0.337 e. The highest BCUT2D eigenvalue weighted by Gasteiger charge is 2.12. The molecule has 0 aliphatic heterocycles. The second-order valence-corrected chi connectivity index (χ2v) is 6.84. The number of methoxy groups -OCH3 is 1. The van der Waals surface area contributed by atoms with E-state index in [1.54, 1.807) is 36.4 Å². The van der Waals surface area contributed by atoms with Gasteiger partial charge in [-0.1, -0.05) is 31.2 Å². The molecule has 3 aromatic carbocycles. The lowest BCUT2D eigenvalue weighted by atomic mass is 9.98. The summed E-state index contributed by atoms with van der Waals surface area (Å²) in [6.07, 6.45) is 0.732. The molecule has 0 aliphatic carbocycles. The van der Waals surface area contributed by atoms with Crippen LogP contribution in [0.5, 0.6) is 11.5 Å². The van der Waals surface area contributed by atoms with Crippen molar-refractivity contribution in [3.05, 3.63) is 82.9 Å². The second kappa shape index (κ2) is 9.13. The van der Waals surface area contributed by atoms with Gasteiger partial charge in [-0.05, 0) is 59.0 Å². The number of phenolic OH excluding ortho intramolecular Hbond substituents is 1. The van der Waals surface area contributed by atoms with Crippen LogP contribution in [-0.4, -0.2) is 24.0 Å². The summed E-state index contributed by atoms with van der Waals surface area (Å²) in [6.45, 7) is 2.17. The van der Waals surface area contributed by atoms with Gasteiger partial charge in [0, 0.05) is 11.6 Å². The van der Waals surface area contributed by atoms with Crippen molar-refractivity contribution in [3.63, 3.8) is 0 Å². The van der Waals surface area contributed by atoms with Crippen LogP contribution in [-0.2, 0) is 17.8 Å². The van der Waals surface area contributed by atoms with Gasteiger partial charge in [-0.15, -0.1) is 0 Å². The number of amidine groups is 1. The monoisotopic (exact) mass is 404 g/mol. The number of carbonyl (C=O) groups excluding carboxylic acids is 1. The fourth-order valence-electron chi connectivity index (χ4n) is 3.14. The van der Waals surface area contributed by atoms with Crippen molar-refractivity contribution in [2.24, 2.45) is 5.73 Å². The molecule has 0 saturated carbocycles. The summed E-state index contributed by atoms with van der Waals surface area (Å²) in [5.41, 5.74) is 9.81. The fourth-order valence-corrected chi connectivity index (χ4v) is 3.14. The molecule has 0 spiro atoms. The Hall–Kier alpha value is -3.80. The van der Waals surface area contributed by atoms with E-state index in [9.17, 15) is 9.90 Å². The first kappa shape index (κ1) is 20.9. The molecular weight excluding hydrogens is 380 g/mol. The van der Waals surface area contributed by atoms with E-state index < -0.39 is 5.97 Å². The molecule has 6 nitrogen and oxygen atoms in total. The first-order valence-corrected chi connectivity index (χ1v) is 9.53. The van der Waals surface area contributed by atoms with E-state index >= 15 is 0 Å². The van der Waals surface area contributed by atoms with Gasteiger partial charge in [-0.2, -0.15) is 0 Å². The van der Waals surface area contributed by atoms with E-state index in [0.29, 0.717) is 16.9 Å². The summed E-state index contributed by atoms with van der Waals surface area (Å²) in [5.74, 6) is 0.249. The number of hydrogen-bond donors (Lipinski definition) is 3. The van der Waals surface area contributed by atoms with Crippen LogP contribution in [0.3, 0.4) is 0 Å². The molecule has 0 aliphatic rings. The molecule has 0 atom stereocenters. The molecule has 4 N–H and O–H groups in total. The topological polar surface area (TPSA) is 106 Å². The Morgan fingerprint density at radius 2 is 1.80 bits per heavy atom. The van der Waals surface area contributed by atoms with Gasteiger partial charge >= 0.3 is 5.97 Å². The Bertz CT molecular complexity index is 1090. The van der Waals surface area contributed by atoms with E-state index in [4.69, 9.17) is 20.6 Å². The molecule has 0 saturated heterocycles. The largest absolute Gasteiger partial charge is 0.508 e. The first-order chi connectivity index (χ1) is 14.4. The Kier molecular flexibility index (Phi) is 6.37. The van der Waals surface area contributed by atoms with Crippen LogP contribution in [0.1, 0.15) is 34.0 Å². The number of rotatable bonds is 7. The van der Waals surface area contributed by atoms with Crippen LogP contribution in [0.15, 0.2) is 60.7 Å². The lowest BCUT2D eigenvalue weighted by Gasteiger charge is -2.12. The Morgan fingerprint density at radius 3 is 2.47 bits per heavy atom. The molecule has 0 fully saturated rings. The van der Waals surface area contributed by atoms with Crippen LogP contribution in [0, 0.1) is 5.41 Å². The standard InChI is InChI=1S/C24H24N2O4/c1-3-16-7-8-21(13-22(16)27)30-14-15-9-19(12-20(10-15)24(28)29-2)17-5-4-6-18(11-17)23(25)26/h4-13,27H,3,14H2,1-2H3,(H3,25,26). The molecule has 0 aromatic heterocycles. The molecular formula is C24H24N2O4. The van der Waals surface area contributed by atoms with E-state index in [1.165, 1.54) is 7.11 Å². The predicted octanol–water partition coefficient (Wildman–Crippen LogP) is 4.27. The second-order valence-electron chi connectivity index (χ2n) is 6.84. The van der Waals surface area contributed by atoms with Gasteiger partial charge in [-0.25, -0.2) is 4.79 Å². The minimum absolute atomic E-state index is 0.0279. The highest BCUT2D eigenvalue weighted by molar-refractivity contribution is 5.96. The number of hydrogen-bond acceptors (Lipinski definition) is 5. The average molecular weight is 404 g/mol. The molecule has 0 bridgehead atoms. The van der Waals surface area contributed by atoms with Crippen molar-refractivity contribution in [2.75, 3.05) is 7.11 Å². The van der Waals surface area contributed by atoms with Crippen LogP contribution in [0.4, 0.5) is 0 Å². The Balaban J connectivity index is 1.93. The van der Waals surface area contributed by atoms with E-state index in [1.807, 2.05) is 31.2 Å². The third-order valence-electron chi connectivity index (χ3n) is 4.76. The zero-order valence-corrected chi connectivity index (χ0v) is 16.9. The first-order valence-electron chi connectivity index (χ1n) is 9.53. The number of nitrogens with two attached hydrogens (primary N) is 1. The van der Waals surface area contributed by atoms with E-state index in [-0.39, 0.29) is 18.2 Å². The van der Waals surface area contributed by atoms with Gasteiger partial charge in [-0.3, -0.25) is 5.41 Å². The maximum atomic E-state index is 12.2. The minimum Gasteiger partial charge on any atom is -0.508 e. The summed E-state index contributed by atoms with van der Waals surface area (Å²) in [6, 6.07) is 17.8. The van der Waals surface area contributed by atoms with Crippen LogP contribution in [0.2, 0.25) is 0 Å². The third-order valence-corrected chi connectivity index (χ3v) is 4.76. The number of aryl methyl sites for hydroxylation is 1. The van der Waals surface area contributed by atoms with Gasteiger partial charge in [0.25, 0.3) is 0 Å². The molecule has 0 amide bonds. The molecule has 6 heteroatoms. The van der Waals surface area contributed by atoms with Gasteiger partial charge in [0.15, 0.2) is 0 Å². The predicted molar refractivity (Wildman–Crippen MR) is 116 cm³/mol. The maximum absolute atomic E-state index is 12.2. The highest BCUT2D eigenvalue weighted by Crippen LogP contribution is 2.27. The zero-order chi connectivity index (χ0) is 21.7. The number of nitrogens with one attached hydrogen (secondary N) is 1. The minimum atomic E-state index is -0.453. The molecule has 0 radical (unpaired) electrons. The summed E-state index contributed by atoms with van der Waals surface area (Å²) >= 11 is 0. The van der Waals surface area contributed by atoms with Gasteiger partial charge in [0.05, 0.1) is 12.7 Å². The van der Waals surface area contributed by atoms with Crippen molar-refractivity contribution in [1.29, 1.82) is 5.41 Å². The SMILES string of the molecule is CCc1ccc(OCc2cc(C(=O)OC)cc(-c3cccc(C(=N)N)c3)c2)cc1O. The van der Waals surface area contributed by atoms with Gasteiger partial charge in [0.1, 0.15) is 23.9 Å². The Labute approximate surface area is 175 Å². The van der Waals surface area contributed by atoms with Crippen molar-refractivity contribution >= 4 is 11.8 Å². The van der Waals surface area contributed by atoms with E-state index in [2.05, 4.69) is 0 Å². The van der Waals surface area contributed by atoms with Gasteiger partial charge < -0.3 is 20.3 Å². The molecule has 30 heavy (non-hydrogen) atoms. The number of phenols is 1. The molecule has 154 valence electrons. The van der Waals surface area contributed by atoms with E-state index in [0.717, 1.165) is 28.7 Å². The fraction of sp³-hybridized carbons (Fsp3) is 0.167. The lowest BCUT2D eigenvalue weighted by molar-refractivity contribution is 0.0600. The quantitative estimate of drug-likeness (QED) is 0.310. The summed E-state index contributed by atoms with van der Waals surface area (Å²) in [4.78, 5) is 12.2. The zero-order valence-electron chi connectivity index (χ0n) is 16.9. The van der Waals surface area contributed by atoms with Crippen LogP contribution in [0.25, 0.3) is 11.1 Å². The Morgan fingerprint density at radius 1 is 1.03 bits per heavy atom. The number of aromatic hydroxyl groups is 1. The molecule has 0 unspecified atom stereocenters. The van der Waals surface area contributed by atoms with Crippen molar-refractivity contribution in [2.45, 2.75) is 20.0 Å². The third kappa shape index (κ3) is 4.78. The number of ether oxygens (including phenoxy) is 2. The summed E-state index contributed by atoms with van der Waals surface area (Å²) in [5, 5.41) is 17.7. The summed E-state index contributed by atoms with van der Waals surface area (Å²) < 4.78 is 10.7. The number of benzene rings is 3. The highest BCUT2D eigenvalue weighted by atomic mass is 16.5. The molecule has 3 rings (SSSR count). The number of carbonyl (C=O) groups is 1. The van der Waals surface area contributed by atoms with Crippen molar-refractivity contribution < 1.29 is 19.4 Å². The van der Waals surface area contributed by atoms with Crippen molar-refractivity contribution in [3.8, 4) is 22.6 Å². The van der Waals surface area contributed by atoms with Crippen LogP contribution >= 0.6 is 0 Å². The normalized spacial score (nSPS) is 10.5. The average Bonchev–Trinajstić information content (AvgIpc) is 2.77. The summed E-state index contributed by atoms with van der Waals surface area (Å²) in [7, 11) is 1.33. The number of esters is 1. The molecule has 3 aromatic rings. The van der Waals surface area contributed by atoms with Crippen molar-refractivity contribution in [1.82, 2.24) is 0 Å².